The second-order valence-electron chi connectivity index (χ2n) is 5.88. The SMILES string of the molecule is CCN(CC)C(=O)N[C@H](CC(C)C)C(=O)NCc1cccnc1. The highest BCUT2D eigenvalue weighted by molar-refractivity contribution is 5.87. The van der Waals surface area contributed by atoms with E-state index in [9.17, 15) is 9.59 Å². The molecule has 0 bridgehead atoms. The van der Waals surface area contributed by atoms with Crippen LogP contribution in [0.5, 0.6) is 0 Å². The van der Waals surface area contributed by atoms with E-state index < -0.39 is 6.04 Å². The number of nitrogens with zero attached hydrogens (tertiary/aromatic N) is 2. The van der Waals surface area contributed by atoms with Gasteiger partial charge in [0.15, 0.2) is 0 Å². The van der Waals surface area contributed by atoms with E-state index in [-0.39, 0.29) is 11.9 Å². The van der Waals surface area contributed by atoms with Crippen LogP contribution in [0.4, 0.5) is 4.79 Å². The zero-order valence-corrected chi connectivity index (χ0v) is 14.5. The van der Waals surface area contributed by atoms with Crippen LogP contribution in [-0.2, 0) is 11.3 Å². The van der Waals surface area contributed by atoms with Crippen molar-refractivity contribution in [1.29, 1.82) is 0 Å². The van der Waals surface area contributed by atoms with Crippen LogP contribution in [0.25, 0.3) is 0 Å². The summed E-state index contributed by atoms with van der Waals surface area (Å²) in [7, 11) is 0. The molecule has 1 atom stereocenters. The Balaban J connectivity index is 2.65. The highest BCUT2D eigenvalue weighted by Gasteiger charge is 2.23. The summed E-state index contributed by atoms with van der Waals surface area (Å²) in [5, 5.41) is 5.72. The second-order valence-corrected chi connectivity index (χ2v) is 5.88. The monoisotopic (exact) mass is 320 g/mol. The minimum Gasteiger partial charge on any atom is -0.350 e. The maximum Gasteiger partial charge on any atom is 0.318 e. The molecule has 0 saturated carbocycles. The molecule has 0 fully saturated rings. The number of hydrogen-bond acceptors (Lipinski definition) is 3. The van der Waals surface area contributed by atoms with Crippen molar-refractivity contribution in [2.24, 2.45) is 5.92 Å². The van der Waals surface area contributed by atoms with Crippen molar-refractivity contribution < 1.29 is 9.59 Å². The van der Waals surface area contributed by atoms with Gasteiger partial charge in [0.1, 0.15) is 6.04 Å². The quantitative estimate of drug-likeness (QED) is 0.771. The van der Waals surface area contributed by atoms with E-state index in [1.165, 1.54) is 0 Å². The smallest absolute Gasteiger partial charge is 0.318 e. The molecule has 0 radical (unpaired) electrons. The van der Waals surface area contributed by atoms with Gasteiger partial charge in [-0.1, -0.05) is 19.9 Å². The normalized spacial score (nSPS) is 11.9. The summed E-state index contributed by atoms with van der Waals surface area (Å²) in [5.74, 6) is 0.143. The molecule has 0 saturated heterocycles. The highest BCUT2D eigenvalue weighted by Crippen LogP contribution is 2.06. The molecule has 0 aliphatic carbocycles. The van der Waals surface area contributed by atoms with E-state index in [0.29, 0.717) is 32.0 Å². The Morgan fingerprint density at radius 2 is 1.96 bits per heavy atom. The maximum atomic E-state index is 12.4. The molecule has 1 heterocycles. The van der Waals surface area contributed by atoms with E-state index in [1.54, 1.807) is 17.3 Å². The Labute approximate surface area is 138 Å². The van der Waals surface area contributed by atoms with Gasteiger partial charge in [0.05, 0.1) is 0 Å². The third-order valence-corrected chi connectivity index (χ3v) is 3.56. The predicted octanol–water partition coefficient (Wildman–Crippen LogP) is 2.16. The van der Waals surface area contributed by atoms with Crippen LogP contribution in [-0.4, -0.2) is 41.0 Å². The van der Waals surface area contributed by atoms with Crippen LogP contribution in [0.1, 0.15) is 39.7 Å². The molecular formula is C17H28N4O2. The van der Waals surface area contributed by atoms with Crippen molar-refractivity contribution in [3.8, 4) is 0 Å². The Morgan fingerprint density at radius 1 is 1.26 bits per heavy atom. The van der Waals surface area contributed by atoms with Crippen molar-refractivity contribution >= 4 is 11.9 Å². The van der Waals surface area contributed by atoms with Crippen LogP contribution in [0.3, 0.4) is 0 Å². The lowest BCUT2D eigenvalue weighted by Gasteiger charge is -2.25. The Morgan fingerprint density at radius 3 is 2.48 bits per heavy atom. The molecule has 1 aromatic heterocycles. The third-order valence-electron chi connectivity index (χ3n) is 3.56. The summed E-state index contributed by atoms with van der Waals surface area (Å²) in [6.07, 6.45) is 4.01. The van der Waals surface area contributed by atoms with E-state index >= 15 is 0 Å². The van der Waals surface area contributed by atoms with E-state index in [4.69, 9.17) is 0 Å². The molecule has 1 rings (SSSR count). The fourth-order valence-corrected chi connectivity index (χ4v) is 2.27. The molecular weight excluding hydrogens is 292 g/mol. The lowest BCUT2D eigenvalue weighted by molar-refractivity contribution is -0.123. The summed E-state index contributed by atoms with van der Waals surface area (Å²) in [5.41, 5.74) is 0.930. The maximum absolute atomic E-state index is 12.4. The van der Waals surface area contributed by atoms with Gasteiger partial charge < -0.3 is 15.5 Å². The van der Waals surface area contributed by atoms with Crippen LogP contribution in [0.15, 0.2) is 24.5 Å². The van der Waals surface area contributed by atoms with Crippen molar-refractivity contribution in [2.45, 2.75) is 46.7 Å². The second kappa shape index (κ2) is 9.82. The number of carbonyl (C=O) groups is 2. The van der Waals surface area contributed by atoms with E-state index in [0.717, 1.165) is 5.56 Å². The van der Waals surface area contributed by atoms with Gasteiger partial charge >= 0.3 is 6.03 Å². The zero-order chi connectivity index (χ0) is 17.2. The fourth-order valence-electron chi connectivity index (χ4n) is 2.27. The molecule has 6 heteroatoms. The standard InChI is InChI=1S/C17H28N4O2/c1-5-21(6-2)17(23)20-15(10-13(3)4)16(22)19-12-14-8-7-9-18-11-14/h7-9,11,13,15H,5-6,10,12H2,1-4H3,(H,19,22)(H,20,23)/t15-/m1/s1. The average molecular weight is 320 g/mol. The highest BCUT2D eigenvalue weighted by atomic mass is 16.2. The van der Waals surface area contributed by atoms with Gasteiger partial charge in [0.25, 0.3) is 0 Å². The van der Waals surface area contributed by atoms with Gasteiger partial charge in [-0.3, -0.25) is 9.78 Å². The number of aromatic nitrogens is 1. The number of hydrogen-bond donors (Lipinski definition) is 2. The van der Waals surface area contributed by atoms with Crippen LogP contribution >= 0.6 is 0 Å². The third kappa shape index (κ3) is 6.67. The number of pyridine rings is 1. The summed E-state index contributed by atoms with van der Waals surface area (Å²) in [6, 6.07) is 3.01. The lowest BCUT2D eigenvalue weighted by atomic mass is 10.0. The Kier molecular flexibility index (Phi) is 8.08. The number of carbonyl (C=O) groups excluding carboxylic acids is 2. The molecule has 6 nitrogen and oxygen atoms in total. The van der Waals surface area contributed by atoms with Gasteiger partial charge in [-0.15, -0.1) is 0 Å². The summed E-state index contributed by atoms with van der Waals surface area (Å²) >= 11 is 0. The number of urea groups is 1. The van der Waals surface area contributed by atoms with Crippen LogP contribution < -0.4 is 10.6 Å². The van der Waals surface area contributed by atoms with E-state index in [1.807, 2.05) is 39.8 Å². The van der Waals surface area contributed by atoms with Crippen LogP contribution in [0.2, 0.25) is 0 Å². The van der Waals surface area contributed by atoms with Gasteiger partial charge in [0, 0.05) is 32.0 Å². The molecule has 23 heavy (non-hydrogen) atoms. The molecule has 3 amide bonds. The number of amides is 3. The topological polar surface area (TPSA) is 74.3 Å². The molecule has 2 N–H and O–H groups in total. The number of nitrogens with one attached hydrogen (secondary N) is 2. The van der Waals surface area contributed by atoms with Gasteiger partial charge in [0.2, 0.25) is 5.91 Å². The fraction of sp³-hybridized carbons (Fsp3) is 0.588. The van der Waals surface area contributed by atoms with Crippen molar-refractivity contribution in [3.63, 3.8) is 0 Å². The predicted molar refractivity (Wildman–Crippen MR) is 90.8 cm³/mol. The van der Waals surface area contributed by atoms with Crippen molar-refractivity contribution in [3.05, 3.63) is 30.1 Å². The molecule has 0 aliphatic heterocycles. The van der Waals surface area contributed by atoms with E-state index in [2.05, 4.69) is 15.6 Å². The first-order valence-corrected chi connectivity index (χ1v) is 8.19. The minimum atomic E-state index is -0.528. The largest absolute Gasteiger partial charge is 0.350 e. The van der Waals surface area contributed by atoms with Crippen molar-refractivity contribution in [1.82, 2.24) is 20.5 Å². The van der Waals surface area contributed by atoms with Crippen molar-refractivity contribution in [2.75, 3.05) is 13.1 Å². The summed E-state index contributed by atoms with van der Waals surface area (Å²) < 4.78 is 0. The molecule has 0 aliphatic rings. The van der Waals surface area contributed by atoms with Gasteiger partial charge in [-0.25, -0.2) is 4.79 Å². The summed E-state index contributed by atoms with van der Waals surface area (Å²) in [4.78, 5) is 30.3. The molecule has 0 aromatic carbocycles. The summed E-state index contributed by atoms with van der Waals surface area (Å²) in [6.45, 7) is 9.55. The molecule has 1 aromatic rings. The minimum absolute atomic E-state index is 0.164. The first kappa shape index (κ1) is 18.9. The molecule has 0 unspecified atom stereocenters. The average Bonchev–Trinajstić information content (AvgIpc) is 2.53. The Hall–Kier alpha value is -2.11. The van der Waals surface area contributed by atoms with Gasteiger partial charge in [-0.05, 0) is 37.8 Å². The first-order chi connectivity index (χ1) is 11.0. The molecule has 128 valence electrons. The number of rotatable bonds is 8. The molecule has 0 spiro atoms. The Bertz CT molecular complexity index is 487. The zero-order valence-electron chi connectivity index (χ0n) is 14.5. The van der Waals surface area contributed by atoms with Gasteiger partial charge in [-0.2, -0.15) is 0 Å². The first-order valence-electron chi connectivity index (χ1n) is 8.19. The lowest BCUT2D eigenvalue weighted by Crippen LogP contribution is -2.51. The van der Waals surface area contributed by atoms with Crippen LogP contribution in [0, 0.1) is 5.92 Å².